The van der Waals surface area contributed by atoms with Gasteiger partial charge in [0.2, 0.25) is 5.91 Å². The van der Waals surface area contributed by atoms with Crippen molar-refractivity contribution in [2.45, 2.75) is 33.2 Å². The van der Waals surface area contributed by atoms with Crippen molar-refractivity contribution in [2.75, 3.05) is 7.05 Å². The monoisotopic (exact) mass is 158 g/mol. The standard InChI is InChI=1S/C8H18N2O/c1-8(2,3)6(9)5-7(11)10-4/h6H,5,9H2,1-4H3,(H,10,11). The topological polar surface area (TPSA) is 55.1 Å². The quantitative estimate of drug-likeness (QED) is 0.614. The highest BCUT2D eigenvalue weighted by Crippen LogP contribution is 2.19. The maximum Gasteiger partial charge on any atom is 0.221 e. The number of rotatable bonds is 2. The van der Waals surface area contributed by atoms with Gasteiger partial charge in [0.25, 0.3) is 0 Å². The van der Waals surface area contributed by atoms with Crippen molar-refractivity contribution in [3.8, 4) is 0 Å². The number of hydrogen-bond donors (Lipinski definition) is 2. The molecule has 3 nitrogen and oxygen atoms in total. The third kappa shape index (κ3) is 3.98. The van der Waals surface area contributed by atoms with E-state index in [1.807, 2.05) is 20.8 Å². The lowest BCUT2D eigenvalue weighted by atomic mass is 9.85. The van der Waals surface area contributed by atoms with Crippen LogP contribution in [0.1, 0.15) is 27.2 Å². The molecule has 3 heteroatoms. The second-order valence-electron chi connectivity index (χ2n) is 3.85. The maximum absolute atomic E-state index is 10.9. The van der Waals surface area contributed by atoms with Crippen LogP contribution in [-0.4, -0.2) is 19.0 Å². The molecule has 0 saturated carbocycles. The number of amides is 1. The second kappa shape index (κ2) is 3.72. The highest BCUT2D eigenvalue weighted by atomic mass is 16.1. The molecule has 0 rings (SSSR count). The maximum atomic E-state index is 10.9. The van der Waals surface area contributed by atoms with Crippen LogP contribution in [0.4, 0.5) is 0 Å². The predicted octanol–water partition coefficient (Wildman–Crippen LogP) is 0.496. The van der Waals surface area contributed by atoms with Crippen LogP contribution in [0.3, 0.4) is 0 Å². The summed E-state index contributed by atoms with van der Waals surface area (Å²) in [5, 5.41) is 2.55. The summed E-state index contributed by atoms with van der Waals surface area (Å²) in [6.07, 6.45) is 0.403. The van der Waals surface area contributed by atoms with Crippen LogP contribution in [0.5, 0.6) is 0 Å². The molecule has 66 valence electrons. The van der Waals surface area contributed by atoms with Gasteiger partial charge in [0, 0.05) is 19.5 Å². The van der Waals surface area contributed by atoms with Gasteiger partial charge in [0.1, 0.15) is 0 Å². The molecule has 0 bridgehead atoms. The Morgan fingerprint density at radius 1 is 1.55 bits per heavy atom. The van der Waals surface area contributed by atoms with Gasteiger partial charge in [0.15, 0.2) is 0 Å². The molecule has 0 aromatic heterocycles. The van der Waals surface area contributed by atoms with E-state index >= 15 is 0 Å². The van der Waals surface area contributed by atoms with E-state index in [9.17, 15) is 4.79 Å². The van der Waals surface area contributed by atoms with E-state index in [2.05, 4.69) is 5.32 Å². The second-order valence-corrected chi connectivity index (χ2v) is 3.85. The fraction of sp³-hybridized carbons (Fsp3) is 0.875. The number of carbonyl (C=O) groups excluding carboxylic acids is 1. The SMILES string of the molecule is CNC(=O)CC(N)C(C)(C)C. The molecule has 0 aliphatic rings. The zero-order valence-corrected chi connectivity index (χ0v) is 7.77. The van der Waals surface area contributed by atoms with Crippen LogP contribution in [0.2, 0.25) is 0 Å². The van der Waals surface area contributed by atoms with Gasteiger partial charge in [-0.25, -0.2) is 0 Å². The number of nitrogens with one attached hydrogen (secondary N) is 1. The number of nitrogens with two attached hydrogens (primary N) is 1. The van der Waals surface area contributed by atoms with Gasteiger partial charge in [0.05, 0.1) is 0 Å². The first-order valence-electron chi connectivity index (χ1n) is 3.84. The first-order chi connectivity index (χ1) is 4.88. The molecule has 1 amide bonds. The Balaban J connectivity index is 3.87. The lowest BCUT2D eigenvalue weighted by Crippen LogP contribution is -2.39. The van der Waals surface area contributed by atoms with E-state index < -0.39 is 0 Å². The van der Waals surface area contributed by atoms with Gasteiger partial charge >= 0.3 is 0 Å². The Labute approximate surface area is 68.3 Å². The lowest BCUT2D eigenvalue weighted by molar-refractivity contribution is -0.121. The highest BCUT2D eigenvalue weighted by Gasteiger charge is 2.22. The van der Waals surface area contributed by atoms with Gasteiger partial charge < -0.3 is 11.1 Å². The van der Waals surface area contributed by atoms with Crippen LogP contribution in [0.15, 0.2) is 0 Å². The summed E-state index contributed by atoms with van der Waals surface area (Å²) in [6, 6.07) is -0.0672. The largest absolute Gasteiger partial charge is 0.359 e. The average Bonchev–Trinajstić information content (AvgIpc) is 1.85. The number of carbonyl (C=O) groups is 1. The van der Waals surface area contributed by atoms with Gasteiger partial charge in [-0.1, -0.05) is 20.8 Å². The molecular formula is C8H18N2O. The van der Waals surface area contributed by atoms with Crippen molar-refractivity contribution in [3.05, 3.63) is 0 Å². The molecule has 0 aliphatic carbocycles. The van der Waals surface area contributed by atoms with Crippen molar-refractivity contribution in [1.29, 1.82) is 0 Å². The predicted molar refractivity (Wildman–Crippen MR) is 46.1 cm³/mol. The third-order valence-corrected chi connectivity index (χ3v) is 1.80. The Morgan fingerprint density at radius 2 is 2.00 bits per heavy atom. The van der Waals surface area contributed by atoms with E-state index in [0.717, 1.165) is 0 Å². The van der Waals surface area contributed by atoms with Crippen LogP contribution in [-0.2, 0) is 4.79 Å². The minimum atomic E-state index is -0.0672. The van der Waals surface area contributed by atoms with Crippen LogP contribution in [0.25, 0.3) is 0 Å². The fourth-order valence-corrected chi connectivity index (χ4v) is 0.608. The molecule has 0 saturated heterocycles. The van der Waals surface area contributed by atoms with Crippen molar-refractivity contribution >= 4 is 5.91 Å². The lowest BCUT2D eigenvalue weighted by Gasteiger charge is -2.26. The fourth-order valence-electron chi connectivity index (χ4n) is 0.608. The number of hydrogen-bond acceptors (Lipinski definition) is 2. The molecular weight excluding hydrogens is 140 g/mol. The molecule has 0 radical (unpaired) electrons. The molecule has 0 fully saturated rings. The molecule has 0 aliphatic heterocycles. The molecule has 1 unspecified atom stereocenters. The highest BCUT2D eigenvalue weighted by molar-refractivity contribution is 5.76. The first-order valence-corrected chi connectivity index (χ1v) is 3.84. The van der Waals surface area contributed by atoms with Crippen molar-refractivity contribution in [3.63, 3.8) is 0 Å². The molecule has 11 heavy (non-hydrogen) atoms. The Morgan fingerprint density at radius 3 is 2.27 bits per heavy atom. The van der Waals surface area contributed by atoms with Gasteiger partial charge in [-0.2, -0.15) is 0 Å². The Bertz CT molecular complexity index is 138. The van der Waals surface area contributed by atoms with Gasteiger partial charge in [-0.3, -0.25) is 4.79 Å². The molecule has 0 aromatic carbocycles. The normalized spacial score (nSPS) is 14.3. The van der Waals surface area contributed by atoms with Crippen LogP contribution < -0.4 is 11.1 Å². The smallest absolute Gasteiger partial charge is 0.221 e. The first kappa shape index (κ1) is 10.4. The molecule has 3 N–H and O–H groups in total. The Hall–Kier alpha value is -0.570. The molecule has 0 spiro atoms. The minimum absolute atomic E-state index is 0.00646. The van der Waals surface area contributed by atoms with E-state index in [-0.39, 0.29) is 17.4 Å². The van der Waals surface area contributed by atoms with E-state index in [1.54, 1.807) is 7.05 Å². The Kier molecular flexibility index (Phi) is 3.52. The summed E-state index contributed by atoms with van der Waals surface area (Å²) in [6.45, 7) is 6.09. The summed E-state index contributed by atoms with van der Waals surface area (Å²) in [7, 11) is 1.62. The van der Waals surface area contributed by atoms with E-state index in [1.165, 1.54) is 0 Å². The zero-order valence-electron chi connectivity index (χ0n) is 7.77. The van der Waals surface area contributed by atoms with Crippen molar-refractivity contribution < 1.29 is 4.79 Å². The summed E-state index contributed by atoms with van der Waals surface area (Å²) in [5.74, 6) is 0.00687. The van der Waals surface area contributed by atoms with Crippen molar-refractivity contribution in [1.82, 2.24) is 5.32 Å². The van der Waals surface area contributed by atoms with E-state index in [4.69, 9.17) is 5.73 Å². The van der Waals surface area contributed by atoms with Crippen molar-refractivity contribution in [2.24, 2.45) is 11.1 Å². The zero-order chi connectivity index (χ0) is 9.07. The summed E-state index contributed by atoms with van der Waals surface area (Å²) in [5.41, 5.74) is 5.77. The molecule has 1 atom stereocenters. The summed E-state index contributed by atoms with van der Waals surface area (Å²) >= 11 is 0. The molecule has 0 aromatic rings. The van der Waals surface area contributed by atoms with Crippen LogP contribution >= 0.6 is 0 Å². The average molecular weight is 158 g/mol. The summed E-state index contributed by atoms with van der Waals surface area (Å²) in [4.78, 5) is 10.9. The van der Waals surface area contributed by atoms with Crippen LogP contribution in [0, 0.1) is 5.41 Å². The summed E-state index contributed by atoms with van der Waals surface area (Å²) < 4.78 is 0. The van der Waals surface area contributed by atoms with Gasteiger partial charge in [-0.15, -0.1) is 0 Å². The van der Waals surface area contributed by atoms with Gasteiger partial charge in [-0.05, 0) is 5.41 Å². The minimum Gasteiger partial charge on any atom is -0.359 e. The molecule has 0 heterocycles. The van der Waals surface area contributed by atoms with E-state index in [0.29, 0.717) is 6.42 Å². The third-order valence-electron chi connectivity index (χ3n) is 1.80.